The number of para-hydroxylation sites is 2. The summed E-state index contributed by atoms with van der Waals surface area (Å²) in [4.78, 5) is 26.9. The van der Waals surface area contributed by atoms with Gasteiger partial charge in [-0.05, 0) is 56.6 Å². The Morgan fingerprint density at radius 2 is 1.79 bits per heavy atom. The predicted octanol–water partition coefficient (Wildman–Crippen LogP) is 3.57. The Hall–Kier alpha value is -2.57. The Kier molecular flexibility index (Phi) is 7.12. The molecule has 0 spiro atoms. The molecule has 1 heterocycles. The highest BCUT2D eigenvalue weighted by molar-refractivity contribution is 6.31. The van der Waals surface area contributed by atoms with Crippen LogP contribution in [0.2, 0.25) is 5.02 Å². The molecule has 0 saturated carbocycles. The first-order valence-electron chi connectivity index (χ1n) is 9.79. The molecule has 2 amide bonds. The van der Waals surface area contributed by atoms with Crippen molar-refractivity contribution in [3.63, 3.8) is 0 Å². The van der Waals surface area contributed by atoms with E-state index in [0.717, 1.165) is 5.56 Å². The molecule has 2 aromatic rings. The Labute approximate surface area is 175 Å². The molecule has 1 aliphatic heterocycles. The number of benzene rings is 2. The van der Waals surface area contributed by atoms with Crippen LogP contribution in [0.1, 0.15) is 31.4 Å². The Bertz CT molecular complexity index is 866. The quantitative estimate of drug-likeness (QED) is 0.630. The Morgan fingerprint density at radius 1 is 1.14 bits per heavy atom. The number of amides is 2. The number of nitrogens with zero attached hydrogens (tertiary/aromatic N) is 1. The molecular weight excluding hydrogens is 390 g/mol. The maximum atomic E-state index is 12.5. The van der Waals surface area contributed by atoms with E-state index in [0.29, 0.717) is 43.2 Å². The van der Waals surface area contributed by atoms with Crippen molar-refractivity contribution in [3.8, 4) is 5.75 Å². The molecule has 29 heavy (non-hydrogen) atoms. The number of anilines is 1. The molecule has 7 heteroatoms. The maximum absolute atomic E-state index is 12.5. The molecule has 0 unspecified atom stereocenters. The van der Waals surface area contributed by atoms with Crippen LogP contribution < -0.4 is 10.6 Å². The molecule has 0 radical (unpaired) electrons. The molecule has 6 nitrogen and oxygen atoms in total. The van der Waals surface area contributed by atoms with Crippen LogP contribution in [0.25, 0.3) is 0 Å². The lowest BCUT2D eigenvalue weighted by Gasteiger charge is -2.31. The second kappa shape index (κ2) is 9.76. The summed E-state index contributed by atoms with van der Waals surface area (Å²) in [7, 11) is 0. The third kappa shape index (κ3) is 5.71. The minimum absolute atomic E-state index is 0.0580. The zero-order valence-electron chi connectivity index (χ0n) is 16.4. The van der Waals surface area contributed by atoms with Crippen molar-refractivity contribution in [2.75, 3.05) is 25.0 Å². The van der Waals surface area contributed by atoms with E-state index in [-0.39, 0.29) is 29.5 Å². The summed E-state index contributed by atoms with van der Waals surface area (Å²) in [5.74, 6) is -0.226. The topological polar surface area (TPSA) is 81.7 Å². The van der Waals surface area contributed by atoms with Crippen LogP contribution >= 0.6 is 11.6 Å². The van der Waals surface area contributed by atoms with Gasteiger partial charge in [0.05, 0.1) is 18.3 Å². The van der Waals surface area contributed by atoms with Gasteiger partial charge in [0.1, 0.15) is 5.75 Å². The van der Waals surface area contributed by atoms with Crippen LogP contribution in [0, 0.1) is 5.92 Å². The van der Waals surface area contributed by atoms with Crippen molar-refractivity contribution in [3.05, 3.63) is 59.1 Å². The van der Waals surface area contributed by atoms with Crippen molar-refractivity contribution in [1.29, 1.82) is 0 Å². The lowest BCUT2D eigenvalue weighted by atomic mass is 9.95. The molecule has 0 bridgehead atoms. The van der Waals surface area contributed by atoms with E-state index in [4.69, 9.17) is 11.6 Å². The molecule has 0 aromatic heterocycles. The fourth-order valence-corrected chi connectivity index (χ4v) is 3.86. The van der Waals surface area contributed by atoms with Crippen molar-refractivity contribution in [2.24, 2.45) is 5.92 Å². The van der Waals surface area contributed by atoms with Crippen LogP contribution in [0.4, 0.5) is 5.69 Å². The summed E-state index contributed by atoms with van der Waals surface area (Å²) in [6, 6.07) is 14.0. The molecule has 1 aliphatic rings. The number of rotatable bonds is 6. The fraction of sp³-hybridized carbons (Fsp3) is 0.364. The SMILES string of the molecule is C[C@H](NC(=O)CN1CCC(C(=O)Nc2ccccc2O)CC1)c1ccccc1Cl. The van der Waals surface area contributed by atoms with Crippen LogP contribution in [0.3, 0.4) is 0 Å². The van der Waals surface area contributed by atoms with E-state index in [9.17, 15) is 14.7 Å². The van der Waals surface area contributed by atoms with Crippen LogP contribution in [-0.4, -0.2) is 41.5 Å². The molecular formula is C22H26ClN3O3. The lowest BCUT2D eigenvalue weighted by molar-refractivity contribution is -0.124. The second-order valence-electron chi connectivity index (χ2n) is 7.37. The highest BCUT2D eigenvalue weighted by Gasteiger charge is 2.26. The van der Waals surface area contributed by atoms with Gasteiger partial charge in [-0.15, -0.1) is 0 Å². The molecule has 3 rings (SSSR count). The number of piperidine rings is 1. The minimum Gasteiger partial charge on any atom is -0.506 e. The molecule has 3 N–H and O–H groups in total. The third-order valence-electron chi connectivity index (χ3n) is 5.24. The summed E-state index contributed by atoms with van der Waals surface area (Å²) in [5, 5.41) is 16.2. The van der Waals surface area contributed by atoms with Crippen LogP contribution in [-0.2, 0) is 9.59 Å². The van der Waals surface area contributed by atoms with Crippen molar-refractivity contribution in [2.45, 2.75) is 25.8 Å². The van der Waals surface area contributed by atoms with E-state index in [1.807, 2.05) is 31.2 Å². The van der Waals surface area contributed by atoms with E-state index < -0.39 is 0 Å². The molecule has 1 saturated heterocycles. The summed E-state index contributed by atoms with van der Waals surface area (Å²) in [6.07, 6.45) is 1.35. The monoisotopic (exact) mass is 415 g/mol. The van der Waals surface area contributed by atoms with E-state index in [1.165, 1.54) is 0 Å². The first kappa shape index (κ1) is 21.1. The predicted molar refractivity (Wildman–Crippen MR) is 114 cm³/mol. The first-order valence-corrected chi connectivity index (χ1v) is 10.2. The summed E-state index contributed by atoms with van der Waals surface area (Å²) in [6.45, 7) is 3.55. The van der Waals surface area contributed by atoms with Gasteiger partial charge in [0, 0.05) is 10.9 Å². The molecule has 1 atom stereocenters. The largest absolute Gasteiger partial charge is 0.506 e. The number of hydrogen-bond acceptors (Lipinski definition) is 4. The lowest BCUT2D eigenvalue weighted by Crippen LogP contribution is -2.43. The van der Waals surface area contributed by atoms with Gasteiger partial charge in [0.15, 0.2) is 0 Å². The zero-order valence-corrected chi connectivity index (χ0v) is 17.2. The number of aromatic hydroxyl groups is 1. The van der Waals surface area contributed by atoms with Gasteiger partial charge >= 0.3 is 0 Å². The van der Waals surface area contributed by atoms with Gasteiger partial charge in [0.25, 0.3) is 0 Å². The molecule has 2 aromatic carbocycles. The number of nitrogens with one attached hydrogen (secondary N) is 2. The molecule has 1 fully saturated rings. The summed E-state index contributed by atoms with van der Waals surface area (Å²) < 4.78 is 0. The van der Waals surface area contributed by atoms with Gasteiger partial charge < -0.3 is 15.7 Å². The van der Waals surface area contributed by atoms with Crippen molar-refractivity contribution in [1.82, 2.24) is 10.2 Å². The zero-order chi connectivity index (χ0) is 20.8. The van der Waals surface area contributed by atoms with E-state index in [2.05, 4.69) is 15.5 Å². The van der Waals surface area contributed by atoms with Gasteiger partial charge in [-0.3, -0.25) is 14.5 Å². The van der Waals surface area contributed by atoms with Gasteiger partial charge in [-0.2, -0.15) is 0 Å². The van der Waals surface area contributed by atoms with Crippen LogP contribution in [0.15, 0.2) is 48.5 Å². The summed E-state index contributed by atoms with van der Waals surface area (Å²) >= 11 is 6.19. The standard InChI is InChI=1S/C22H26ClN3O3/c1-15(17-6-2-3-7-18(17)23)24-21(28)14-26-12-10-16(11-13-26)22(29)25-19-8-4-5-9-20(19)27/h2-9,15-16,27H,10-14H2,1H3,(H,24,28)(H,25,29)/t15-/m0/s1. The van der Waals surface area contributed by atoms with Gasteiger partial charge in [-0.25, -0.2) is 0 Å². The fourth-order valence-electron chi connectivity index (χ4n) is 3.56. The molecule has 0 aliphatic carbocycles. The number of halogens is 1. The third-order valence-corrected chi connectivity index (χ3v) is 5.58. The number of hydrogen-bond donors (Lipinski definition) is 3. The van der Waals surface area contributed by atoms with Gasteiger partial charge in [-0.1, -0.05) is 41.9 Å². The maximum Gasteiger partial charge on any atom is 0.234 e. The highest BCUT2D eigenvalue weighted by Crippen LogP contribution is 2.25. The smallest absolute Gasteiger partial charge is 0.234 e. The number of carbonyl (C=O) groups is 2. The number of phenolic OH excluding ortho intramolecular Hbond substituents is 1. The van der Waals surface area contributed by atoms with Gasteiger partial charge in [0.2, 0.25) is 11.8 Å². The average Bonchev–Trinajstić information content (AvgIpc) is 2.70. The van der Waals surface area contributed by atoms with Crippen molar-refractivity contribution < 1.29 is 14.7 Å². The van der Waals surface area contributed by atoms with E-state index >= 15 is 0 Å². The highest BCUT2D eigenvalue weighted by atomic mass is 35.5. The Balaban J connectivity index is 1.44. The summed E-state index contributed by atoms with van der Waals surface area (Å²) in [5.41, 5.74) is 1.31. The van der Waals surface area contributed by atoms with E-state index in [1.54, 1.807) is 24.3 Å². The molecule has 154 valence electrons. The first-order chi connectivity index (χ1) is 13.9. The van der Waals surface area contributed by atoms with Crippen molar-refractivity contribution >= 4 is 29.1 Å². The number of likely N-dealkylation sites (tertiary alicyclic amines) is 1. The average molecular weight is 416 g/mol. The van der Waals surface area contributed by atoms with Crippen LogP contribution in [0.5, 0.6) is 5.75 Å². The second-order valence-corrected chi connectivity index (χ2v) is 7.77. The Morgan fingerprint density at radius 3 is 2.48 bits per heavy atom. The number of phenols is 1. The minimum atomic E-state index is -0.168. The number of carbonyl (C=O) groups excluding carboxylic acids is 2. The normalized spacial score (nSPS) is 16.2.